The number of aryl methyl sites for hydroxylation is 1. The van der Waals surface area contributed by atoms with Gasteiger partial charge in [-0.3, -0.25) is 4.79 Å². The van der Waals surface area contributed by atoms with Crippen LogP contribution in [0.25, 0.3) is 10.9 Å². The van der Waals surface area contributed by atoms with Crippen molar-refractivity contribution in [3.05, 3.63) is 35.5 Å². The number of hydrogen-bond acceptors (Lipinski definition) is 1. The summed E-state index contributed by atoms with van der Waals surface area (Å²) >= 11 is 0. The Hall–Kier alpha value is -1.57. The number of para-hydroxylation sites is 1. The fourth-order valence-corrected chi connectivity index (χ4v) is 2.30. The van der Waals surface area contributed by atoms with Crippen molar-refractivity contribution in [1.82, 2.24) is 4.57 Å². The summed E-state index contributed by atoms with van der Waals surface area (Å²) in [6.45, 7) is 5.72. The Labute approximate surface area is 95.9 Å². The zero-order valence-electron chi connectivity index (χ0n) is 10.2. The fraction of sp³-hybridized carbons (Fsp3) is 0.357. The van der Waals surface area contributed by atoms with Crippen LogP contribution in [0.5, 0.6) is 0 Å². The van der Waals surface area contributed by atoms with Crippen LogP contribution in [-0.4, -0.2) is 10.4 Å². The quantitative estimate of drug-likeness (QED) is 0.754. The van der Waals surface area contributed by atoms with Gasteiger partial charge in [0.15, 0.2) is 0 Å². The summed E-state index contributed by atoms with van der Waals surface area (Å²) in [6, 6.07) is 8.25. The molecule has 1 unspecified atom stereocenters. The van der Waals surface area contributed by atoms with Gasteiger partial charge in [-0.15, -0.1) is 0 Å². The van der Waals surface area contributed by atoms with E-state index in [1.165, 1.54) is 22.2 Å². The minimum atomic E-state index is -0.0221. The maximum atomic E-state index is 11.5. The highest BCUT2D eigenvalue weighted by Gasteiger charge is 2.19. The molecule has 0 N–H and O–H groups in total. The van der Waals surface area contributed by atoms with Gasteiger partial charge in [0.1, 0.15) is 5.78 Å². The Morgan fingerprint density at radius 2 is 1.94 bits per heavy atom. The van der Waals surface area contributed by atoms with Gasteiger partial charge in [-0.25, -0.2) is 0 Å². The number of fused-ring (bicyclic) bond motifs is 1. The molecule has 0 radical (unpaired) electrons. The van der Waals surface area contributed by atoms with Crippen LogP contribution in [0.2, 0.25) is 0 Å². The molecule has 2 aromatic rings. The number of benzene rings is 1. The summed E-state index contributed by atoms with van der Waals surface area (Å²) in [6.07, 6.45) is 0. The highest BCUT2D eigenvalue weighted by molar-refractivity contribution is 5.93. The summed E-state index contributed by atoms with van der Waals surface area (Å²) in [4.78, 5) is 11.5. The van der Waals surface area contributed by atoms with E-state index in [-0.39, 0.29) is 11.7 Å². The van der Waals surface area contributed by atoms with Crippen LogP contribution >= 0.6 is 0 Å². The highest BCUT2D eigenvalue weighted by atomic mass is 16.1. The fourth-order valence-electron chi connectivity index (χ4n) is 2.30. The van der Waals surface area contributed by atoms with E-state index in [0.717, 1.165) is 0 Å². The van der Waals surface area contributed by atoms with Crippen LogP contribution in [0.4, 0.5) is 0 Å². The molecule has 0 spiro atoms. The van der Waals surface area contributed by atoms with Crippen molar-refractivity contribution < 1.29 is 4.79 Å². The second-order valence-electron chi connectivity index (χ2n) is 4.41. The van der Waals surface area contributed by atoms with Gasteiger partial charge in [-0.05, 0) is 25.5 Å². The minimum Gasteiger partial charge on any atom is -0.348 e. The number of nitrogens with zero attached hydrogens (tertiary/aromatic N) is 1. The number of Topliss-reactive ketones (excluding diaryl/α,β-unsaturated/α-hetero) is 1. The molecule has 0 aliphatic carbocycles. The van der Waals surface area contributed by atoms with E-state index >= 15 is 0 Å². The van der Waals surface area contributed by atoms with Crippen molar-refractivity contribution in [2.45, 2.75) is 26.7 Å². The Bertz CT molecular complexity index is 551. The molecule has 1 atom stereocenters. The summed E-state index contributed by atoms with van der Waals surface area (Å²) in [5, 5.41) is 1.20. The van der Waals surface area contributed by atoms with Crippen LogP contribution in [-0.2, 0) is 11.8 Å². The molecule has 0 saturated heterocycles. The van der Waals surface area contributed by atoms with Crippen LogP contribution in [0.15, 0.2) is 24.3 Å². The predicted molar refractivity (Wildman–Crippen MR) is 66.8 cm³/mol. The first-order chi connectivity index (χ1) is 7.54. The third kappa shape index (κ3) is 1.45. The van der Waals surface area contributed by atoms with E-state index in [1.807, 2.05) is 26.1 Å². The number of carbonyl (C=O) groups excluding carboxylic acids is 1. The van der Waals surface area contributed by atoms with Crippen LogP contribution in [0, 0.1) is 6.92 Å². The molecule has 84 valence electrons. The first kappa shape index (κ1) is 10.9. The number of rotatable bonds is 2. The third-order valence-electron chi connectivity index (χ3n) is 3.49. The molecule has 0 aliphatic rings. The first-order valence-electron chi connectivity index (χ1n) is 5.58. The minimum absolute atomic E-state index is 0.0221. The molecular weight excluding hydrogens is 198 g/mol. The second kappa shape index (κ2) is 3.78. The molecule has 0 bridgehead atoms. The van der Waals surface area contributed by atoms with E-state index in [9.17, 15) is 4.79 Å². The molecule has 16 heavy (non-hydrogen) atoms. The highest BCUT2D eigenvalue weighted by Crippen LogP contribution is 2.31. The molecule has 0 amide bonds. The van der Waals surface area contributed by atoms with Gasteiger partial charge in [0.2, 0.25) is 0 Å². The van der Waals surface area contributed by atoms with E-state index < -0.39 is 0 Å². The molecule has 2 rings (SSSR count). The lowest BCUT2D eigenvalue weighted by Gasteiger charge is -2.08. The molecule has 1 aromatic carbocycles. The van der Waals surface area contributed by atoms with Gasteiger partial charge < -0.3 is 4.57 Å². The van der Waals surface area contributed by atoms with Crippen molar-refractivity contribution in [1.29, 1.82) is 0 Å². The SMILES string of the molecule is CC(=O)C(C)c1c(C)n(C)c2ccccc12. The Morgan fingerprint density at radius 3 is 2.56 bits per heavy atom. The number of ketones is 1. The van der Waals surface area contributed by atoms with Gasteiger partial charge in [0.05, 0.1) is 0 Å². The topological polar surface area (TPSA) is 22.0 Å². The molecule has 1 heterocycles. The lowest BCUT2D eigenvalue weighted by atomic mass is 9.95. The molecule has 1 aromatic heterocycles. The normalized spacial score (nSPS) is 13.0. The maximum absolute atomic E-state index is 11.5. The summed E-state index contributed by atoms with van der Waals surface area (Å²) in [5.41, 5.74) is 3.55. The average Bonchev–Trinajstić information content (AvgIpc) is 2.52. The van der Waals surface area contributed by atoms with Crippen molar-refractivity contribution in [2.24, 2.45) is 7.05 Å². The monoisotopic (exact) mass is 215 g/mol. The van der Waals surface area contributed by atoms with Crippen molar-refractivity contribution >= 4 is 16.7 Å². The Balaban J connectivity index is 2.78. The zero-order valence-corrected chi connectivity index (χ0v) is 10.2. The van der Waals surface area contributed by atoms with Crippen molar-refractivity contribution in [2.75, 3.05) is 0 Å². The Morgan fingerprint density at radius 1 is 1.31 bits per heavy atom. The second-order valence-corrected chi connectivity index (χ2v) is 4.41. The summed E-state index contributed by atoms with van der Waals surface area (Å²) in [5.74, 6) is 0.200. The number of carbonyl (C=O) groups is 1. The standard InChI is InChI=1S/C14H17NO/c1-9(11(3)16)14-10(2)15(4)13-8-6-5-7-12(13)14/h5-9H,1-4H3. The number of hydrogen-bond donors (Lipinski definition) is 0. The molecule has 0 aliphatic heterocycles. The lowest BCUT2D eigenvalue weighted by molar-refractivity contribution is -0.118. The van der Waals surface area contributed by atoms with Gasteiger partial charge in [-0.1, -0.05) is 25.1 Å². The zero-order chi connectivity index (χ0) is 11.9. The Kier molecular flexibility index (Phi) is 2.58. The lowest BCUT2D eigenvalue weighted by Crippen LogP contribution is -2.05. The molecule has 2 heteroatoms. The maximum Gasteiger partial charge on any atom is 0.137 e. The molecular formula is C14H17NO. The average molecular weight is 215 g/mol. The van der Waals surface area contributed by atoms with Gasteiger partial charge >= 0.3 is 0 Å². The summed E-state index contributed by atoms with van der Waals surface area (Å²) in [7, 11) is 2.05. The van der Waals surface area contributed by atoms with Gasteiger partial charge in [0, 0.05) is 29.6 Å². The van der Waals surface area contributed by atoms with E-state index in [0.29, 0.717) is 0 Å². The van der Waals surface area contributed by atoms with Crippen LogP contribution < -0.4 is 0 Å². The van der Waals surface area contributed by atoms with Crippen molar-refractivity contribution in [3.63, 3.8) is 0 Å². The number of aromatic nitrogens is 1. The van der Waals surface area contributed by atoms with E-state index in [4.69, 9.17) is 0 Å². The summed E-state index contributed by atoms with van der Waals surface area (Å²) < 4.78 is 2.16. The predicted octanol–water partition coefficient (Wildman–Crippen LogP) is 3.18. The van der Waals surface area contributed by atoms with Crippen molar-refractivity contribution in [3.8, 4) is 0 Å². The third-order valence-corrected chi connectivity index (χ3v) is 3.49. The molecule has 2 nitrogen and oxygen atoms in total. The molecule has 0 saturated carbocycles. The first-order valence-corrected chi connectivity index (χ1v) is 5.58. The molecule has 0 fully saturated rings. The van der Waals surface area contributed by atoms with Crippen LogP contribution in [0.1, 0.15) is 31.0 Å². The van der Waals surface area contributed by atoms with Crippen LogP contribution in [0.3, 0.4) is 0 Å². The van der Waals surface area contributed by atoms with Gasteiger partial charge in [-0.2, -0.15) is 0 Å². The smallest absolute Gasteiger partial charge is 0.137 e. The largest absolute Gasteiger partial charge is 0.348 e. The van der Waals surface area contributed by atoms with E-state index in [2.05, 4.69) is 23.6 Å². The van der Waals surface area contributed by atoms with Gasteiger partial charge in [0.25, 0.3) is 0 Å². The van der Waals surface area contributed by atoms with E-state index in [1.54, 1.807) is 6.92 Å².